The Morgan fingerprint density at radius 1 is 0.750 bits per heavy atom. The lowest BCUT2D eigenvalue weighted by Crippen LogP contribution is -2.37. The summed E-state index contributed by atoms with van der Waals surface area (Å²) in [4.78, 5) is 2.48. The third kappa shape index (κ3) is 6.46. The molecule has 0 aliphatic carbocycles. The largest absolute Gasteiger partial charge is 0.357 e. The van der Waals surface area contributed by atoms with Crippen molar-refractivity contribution < 1.29 is 4.74 Å². The van der Waals surface area contributed by atoms with Crippen LogP contribution in [0.4, 0.5) is 0 Å². The zero-order valence-corrected chi connectivity index (χ0v) is 21.4. The Labute approximate surface area is 197 Å². The van der Waals surface area contributed by atoms with Gasteiger partial charge in [0.25, 0.3) is 0 Å². The molecule has 0 spiro atoms. The van der Waals surface area contributed by atoms with Gasteiger partial charge < -0.3 is 4.74 Å². The molecule has 3 aromatic carbocycles. The van der Waals surface area contributed by atoms with E-state index < -0.39 is 18.7 Å². The molecule has 1 atom stereocenters. The van der Waals surface area contributed by atoms with Crippen molar-refractivity contribution in [2.75, 3.05) is 0 Å². The van der Waals surface area contributed by atoms with E-state index in [0.717, 1.165) is 12.8 Å². The van der Waals surface area contributed by atoms with Gasteiger partial charge in [0.15, 0.2) is 0 Å². The Morgan fingerprint density at radius 3 is 1.56 bits per heavy atom. The van der Waals surface area contributed by atoms with Crippen molar-refractivity contribution in [2.45, 2.75) is 61.7 Å². The maximum Gasteiger partial charge on any atom is 0.149 e. The lowest BCUT2D eigenvalue weighted by atomic mass is 9.79. The molecule has 0 N–H and O–H groups in total. The van der Waals surface area contributed by atoms with Crippen molar-refractivity contribution in [3.05, 3.63) is 119 Å². The fourth-order valence-corrected chi connectivity index (χ4v) is 5.24. The van der Waals surface area contributed by atoms with Gasteiger partial charge in [-0.15, -0.1) is 6.08 Å². The minimum absolute atomic E-state index is 0.146. The van der Waals surface area contributed by atoms with Crippen LogP contribution in [0.3, 0.4) is 0 Å². The Kier molecular flexibility index (Phi) is 8.95. The van der Waals surface area contributed by atoms with Crippen molar-refractivity contribution in [2.24, 2.45) is 0 Å². The minimum atomic E-state index is -1.52. The van der Waals surface area contributed by atoms with E-state index in [0.29, 0.717) is 0 Å². The average Bonchev–Trinajstić information content (AvgIpc) is 2.81. The molecule has 2 heteroatoms. The molecule has 0 saturated heterocycles. The zero-order chi connectivity index (χ0) is 22.9. The first-order valence-electron chi connectivity index (χ1n) is 12.3. The van der Waals surface area contributed by atoms with Gasteiger partial charge in [0.05, 0.1) is 6.10 Å². The van der Waals surface area contributed by atoms with E-state index in [1.54, 1.807) is 0 Å². The maximum atomic E-state index is 7.28. The first kappa shape index (κ1) is 24.5. The Balaban J connectivity index is 2.12. The maximum absolute atomic E-state index is 7.28. The standard InChI is InChI=1S/C27H29O.3CH3.Al/c1-3-5-22-26(15-4-2)28-27(23-16-9-6-10-17-23,24-18-11-7-12-19-24)25-20-13-8-14-21-25;;;;/h2,4,6-14,16-21,26H,3,5,15,22H2,1H3;3*1H3;/q;;;;-1. The van der Waals surface area contributed by atoms with Gasteiger partial charge in [-0.2, -0.15) is 17.4 Å². The van der Waals surface area contributed by atoms with Gasteiger partial charge in [-0.25, -0.2) is 0 Å². The summed E-state index contributed by atoms with van der Waals surface area (Å²) in [6, 6.07) is 32.2. The second-order valence-corrected chi connectivity index (χ2v) is 15.9. The summed E-state index contributed by atoms with van der Waals surface area (Å²) in [6.07, 6.45) is 6.89. The van der Waals surface area contributed by atoms with Gasteiger partial charge in [0.2, 0.25) is 0 Å². The summed E-state index contributed by atoms with van der Waals surface area (Å²) in [5.41, 5.74) is 2.89. The highest BCUT2D eigenvalue weighted by atomic mass is 27.2. The number of hydrogen-bond donors (Lipinski definition) is 0. The lowest BCUT2D eigenvalue weighted by Gasteiger charge is -2.39. The van der Waals surface area contributed by atoms with Crippen LogP contribution >= 0.6 is 0 Å². The average molecular weight is 442 g/mol. The van der Waals surface area contributed by atoms with Crippen molar-refractivity contribution in [3.63, 3.8) is 0 Å². The highest BCUT2D eigenvalue weighted by molar-refractivity contribution is 6.80. The number of ether oxygens (including phenoxy) is 1. The first-order valence-corrected chi connectivity index (χ1v) is 16.4. The predicted octanol–water partition coefficient (Wildman–Crippen LogP) is 8.38. The highest BCUT2D eigenvalue weighted by Gasteiger charge is 2.39. The number of hydrogen-bond acceptors (Lipinski definition) is 1. The number of unbranched alkanes of at least 4 members (excludes halogenated alkanes) is 1. The van der Waals surface area contributed by atoms with Crippen LogP contribution in [0.15, 0.2) is 102 Å². The van der Waals surface area contributed by atoms with E-state index in [2.05, 4.69) is 126 Å². The molecule has 3 rings (SSSR count). The van der Waals surface area contributed by atoms with Crippen molar-refractivity contribution in [1.82, 2.24) is 0 Å². The van der Waals surface area contributed by atoms with Gasteiger partial charge in [-0.1, -0.05) is 111 Å². The molecule has 0 amide bonds. The molecular weight excluding hydrogens is 403 g/mol. The molecule has 32 heavy (non-hydrogen) atoms. The molecular formula is C30H38AlO-. The second-order valence-electron chi connectivity index (χ2n) is 10.1. The van der Waals surface area contributed by atoms with Crippen molar-refractivity contribution >= 4 is 13.1 Å². The van der Waals surface area contributed by atoms with Crippen LogP contribution in [0.25, 0.3) is 0 Å². The summed E-state index contributed by atoms with van der Waals surface area (Å²) >= 11 is -1.52. The smallest absolute Gasteiger partial charge is 0.149 e. The van der Waals surface area contributed by atoms with E-state index in [4.69, 9.17) is 4.74 Å². The summed E-state index contributed by atoms with van der Waals surface area (Å²) < 4.78 is 7.28. The van der Waals surface area contributed by atoms with Crippen LogP contribution in [-0.4, -0.2) is 19.2 Å². The molecule has 168 valence electrons. The zero-order valence-electron chi connectivity index (χ0n) is 20.2. The molecule has 0 saturated carbocycles. The molecule has 0 aliphatic heterocycles. The van der Waals surface area contributed by atoms with Gasteiger partial charge in [0, 0.05) is 0 Å². The van der Waals surface area contributed by atoms with Gasteiger partial charge in [0.1, 0.15) is 18.7 Å². The predicted molar refractivity (Wildman–Crippen MR) is 141 cm³/mol. The highest BCUT2D eigenvalue weighted by Crippen LogP contribution is 2.42. The minimum Gasteiger partial charge on any atom is -0.357 e. The summed E-state index contributed by atoms with van der Waals surface area (Å²) in [7, 11) is 0. The van der Waals surface area contributed by atoms with E-state index in [1.165, 1.54) is 29.5 Å². The molecule has 1 nitrogen and oxygen atoms in total. The van der Waals surface area contributed by atoms with Crippen LogP contribution < -0.4 is 0 Å². The van der Waals surface area contributed by atoms with Gasteiger partial charge >= 0.3 is 0 Å². The number of benzene rings is 3. The van der Waals surface area contributed by atoms with Gasteiger partial charge in [-0.05, 0) is 29.5 Å². The third-order valence-corrected chi connectivity index (χ3v) is 7.30. The van der Waals surface area contributed by atoms with E-state index >= 15 is 0 Å². The molecule has 0 radical (unpaired) electrons. The van der Waals surface area contributed by atoms with Crippen LogP contribution in [0.5, 0.6) is 0 Å². The van der Waals surface area contributed by atoms with E-state index in [9.17, 15) is 0 Å². The SMILES string of the molecule is CCCCC(C/C=[CH]/[Al-]([CH3])([CH3])[CH3])OC(c1ccccc1)(c1ccccc1)c1ccccc1. The molecule has 1 unspecified atom stereocenters. The van der Waals surface area contributed by atoms with Crippen LogP contribution in [0.1, 0.15) is 49.3 Å². The molecule has 0 aliphatic rings. The van der Waals surface area contributed by atoms with E-state index in [1.807, 2.05) is 0 Å². The first-order chi connectivity index (χ1) is 15.5. The fourth-order valence-electron chi connectivity index (χ4n) is 4.27. The molecule has 0 bridgehead atoms. The van der Waals surface area contributed by atoms with Crippen LogP contribution in [-0.2, 0) is 10.3 Å². The van der Waals surface area contributed by atoms with Gasteiger partial charge in [-0.3, -0.25) is 4.94 Å². The fraction of sp³-hybridized carbons (Fsp3) is 0.333. The Hall–Kier alpha value is -2.11. The summed E-state index contributed by atoms with van der Waals surface area (Å²) in [6.45, 7) is 2.26. The second kappa shape index (κ2) is 11.7. The van der Waals surface area contributed by atoms with Crippen molar-refractivity contribution in [1.29, 1.82) is 0 Å². The molecule has 0 fully saturated rings. The third-order valence-electron chi connectivity index (χ3n) is 5.88. The number of rotatable bonds is 11. The van der Waals surface area contributed by atoms with E-state index in [-0.39, 0.29) is 6.10 Å². The normalized spacial score (nSPS) is 13.4. The Bertz CT molecular complexity index is 846. The summed E-state index contributed by atoms with van der Waals surface area (Å²) in [5, 5.41) is 0. The van der Waals surface area contributed by atoms with Crippen LogP contribution in [0, 0.1) is 0 Å². The monoisotopic (exact) mass is 441 g/mol. The molecule has 3 aromatic rings. The van der Waals surface area contributed by atoms with Crippen LogP contribution in [0.2, 0.25) is 17.4 Å². The quantitative estimate of drug-likeness (QED) is 0.214. The summed E-state index contributed by atoms with van der Waals surface area (Å²) in [5.74, 6) is 7.23. The Morgan fingerprint density at radius 2 is 1.19 bits per heavy atom. The topological polar surface area (TPSA) is 9.23 Å². The molecule has 0 aromatic heterocycles. The molecule has 0 heterocycles. The van der Waals surface area contributed by atoms with Crippen molar-refractivity contribution in [3.8, 4) is 0 Å². The lowest BCUT2D eigenvalue weighted by molar-refractivity contribution is -0.0501.